The van der Waals surface area contributed by atoms with E-state index in [1.165, 1.54) is 7.11 Å². The van der Waals surface area contributed by atoms with Crippen molar-refractivity contribution in [2.45, 2.75) is 34.2 Å². The van der Waals surface area contributed by atoms with E-state index in [4.69, 9.17) is 14.5 Å². The summed E-state index contributed by atoms with van der Waals surface area (Å²) in [5, 5.41) is 0.940. The Morgan fingerprint density at radius 1 is 1.22 bits per heavy atom. The summed E-state index contributed by atoms with van der Waals surface area (Å²) in [6.07, 6.45) is 0. The van der Waals surface area contributed by atoms with E-state index in [1.54, 1.807) is 6.92 Å². The molecule has 6 heteroatoms. The molecule has 1 aromatic carbocycles. The lowest BCUT2D eigenvalue weighted by Gasteiger charge is -2.24. The Hall–Kier alpha value is -2.47. The lowest BCUT2D eigenvalue weighted by atomic mass is 10.0. The van der Waals surface area contributed by atoms with Crippen LogP contribution in [0.15, 0.2) is 24.3 Å². The van der Waals surface area contributed by atoms with Crippen molar-refractivity contribution in [1.82, 2.24) is 9.88 Å². The average Bonchev–Trinajstić information content (AvgIpc) is 2.66. The van der Waals surface area contributed by atoms with Crippen molar-refractivity contribution in [1.29, 1.82) is 0 Å². The molecule has 27 heavy (non-hydrogen) atoms. The molecule has 0 spiro atoms. The third-order valence-electron chi connectivity index (χ3n) is 4.66. The van der Waals surface area contributed by atoms with Crippen LogP contribution in [-0.2, 0) is 20.8 Å². The average molecular weight is 372 g/mol. The molecule has 6 nitrogen and oxygen atoms in total. The zero-order chi connectivity index (χ0) is 20.0. The second-order valence-corrected chi connectivity index (χ2v) is 6.55. The number of hydrogen-bond donors (Lipinski definition) is 0. The molecule has 0 saturated carbocycles. The Balaban J connectivity index is 2.43. The smallest absolute Gasteiger partial charge is 0.340 e. The van der Waals surface area contributed by atoms with Crippen LogP contribution in [0.1, 0.15) is 42.4 Å². The van der Waals surface area contributed by atoms with Gasteiger partial charge in [-0.1, -0.05) is 32.0 Å². The topological polar surface area (TPSA) is 68.7 Å². The molecule has 0 bridgehead atoms. The van der Waals surface area contributed by atoms with Crippen molar-refractivity contribution >= 4 is 22.8 Å². The number of ether oxygens (including phenoxy) is 2. The van der Waals surface area contributed by atoms with E-state index >= 15 is 0 Å². The quantitative estimate of drug-likeness (QED) is 0.662. The Bertz CT molecular complexity index is 819. The molecule has 1 atom stereocenters. The minimum absolute atomic E-state index is 0.248. The number of carbonyl (C=O) groups excluding carboxylic acids is 2. The van der Waals surface area contributed by atoms with Gasteiger partial charge in [-0.2, -0.15) is 0 Å². The van der Waals surface area contributed by atoms with Gasteiger partial charge in [0, 0.05) is 18.5 Å². The van der Waals surface area contributed by atoms with Crippen molar-refractivity contribution in [3.8, 4) is 0 Å². The fourth-order valence-corrected chi connectivity index (χ4v) is 3.21. The SMILES string of the molecule is CCOC(=O)c1c(CN(CC)CC(C)C(=O)OC)nc2ccccc2c1C. The van der Waals surface area contributed by atoms with E-state index in [0.29, 0.717) is 31.0 Å². The highest BCUT2D eigenvalue weighted by atomic mass is 16.5. The van der Waals surface area contributed by atoms with Crippen molar-refractivity contribution in [2.75, 3.05) is 26.8 Å². The maximum absolute atomic E-state index is 12.6. The largest absolute Gasteiger partial charge is 0.469 e. The highest BCUT2D eigenvalue weighted by Gasteiger charge is 2.23. The molecule has 0 aliphatic rings. The van der Waals surface area contributed by atoms with Gasteiger partial charge in [0.2, 0.25) is 0 Å². The molecule has 2 aromatic rings. The van der Waals surface area contributed by atoms with Crippen LogP contribution >= 0.6 is 0 Å². The van der Waals surface area contributed by atoms with Crippen LogP contribution in [0.3, 0.4) is 0 Å². The first-order chi connectivity index (χ1) is 12.9. The molecular formula is C21H28N2O4. The van der Waals surface area contributed by atoms with E-state index in [2.05, 4.69) is 4.90 Å². The van der Waals surface area contributed by atoms with E-state index in [0.717, 1.165) is 23.0 Å². The van der Waals surface area contributed by atoms with E-state index in [1.807, 2.05) is 45.0 Å². The molecule has 1 heterocycles. The highest BCUT2D eigenvalue weighted by molar-refractivity contribution is 5.98. The van der Waals surface area contributed by atoms with Gasteiger partial charge >= 0.3 is 11.9 Å². The minimum Gasteiger partial charge on any atom is -0.469 e. The standard InChI is InChI=1S/C21H28N2O4/c1-6-23(12-14(3)20(24)26-5)13-18-19(21(25)27-7-2)15(4)16-10-8-9-11-17(16)22-18/h8-11,14H,6-7,12-13H2,1-5H3. The zero-order valence-corrected chi connectivity index (χ0v) is 16.7. The molecule has 0 fully saturated rings. The summed E-state index contributed by atoms with van der Waals surface area (Å²) in [4.78, 5) is 31.2. The normalized spacial score (nSPS) is 12.2. The van der Waals surface area contributed by atoms with Gasteiger partial charge in [-0.3, -0.25) is 14.7 Å². The summed E-state index contributed by atoms with van der Waals surface area (Å²) < 4.78 is 10.1. The molecular weight excluding hydrogens is 344 g/mol. The summed E-state index contributed by atoms with van der Waals surface area (Å²) in [7, 11) is 1.39. The number of esters is 2. The lowest BCUT2D eigenvalue weighted by molar-refractivity contribution is -0.145. The zero-order valence-electron chi connectivity index (χ0n) is 16.7. The molecule has 1 aromatic heterocycles. The van der Waals surface area contributed by atoms with Crippen molar-refractivity contribution in [2.24, 2.45) is 5.92 Å². The number of benzene rings is 1. The number of aromatic nitrogens is 1. The van der Waals surface area contributed by atoms with Crippen LogP contribution < -0.4 is 0 Å². The molecule has 0 radical (unpaired) electrons. The Kier molecular flexibility index (Phi) is 7.30. The fraction of sp³-hybridized carbons (Fsp3) is 0.476. The molecule has 146 valence electrons. The van der Waals surface area contributed by atoms with Crippen molar-refractivity contribution < 1.29 is 19.1 Å². The summed E-state index contributed by atoms with van der Waals surface area (Å²) in [5.74, 6) is -0.871. The van der Waals surface area contributed by atoms with Crippen LogP contribution in [0.4, 0.5) is 0 Å². The Morgan fingerprint density at radius 2 is 1.93 bits per heavy atom. The monoisotopic (exact) mass is 372 g/mol. The first-order valence-electron chi connectivity index (χ1n) is 9.28. The summed E-state index contributed by atoms with van der Waals surface area (Å²) in [6, 6.07) is 7.76. The predicted molar refractivity (Wildman–Crippen MR) is 105 cm³/mol. The predicted octanol–water partition coefficient (Wildman–Crippen LogP) is 3.35. The van der Waals surface area contributed by atoms with Gasteiger partial charge in [0.15, 0.2) is 0 Å². The number of aryl methyl sites for hydroxylation is 1. The van der Waals surface area contributed by atoms with Gasteiger partial charge in [0.25, 0.3) is 0 Å². The van der Waals surface area contributed by atoms with E-state index in [9.17, 15) is 9.59 Å². The summed E-state index contributed by atoms with van der Waals surface area (Å²) in [6.45, 7) is 9.57. The van der Waals surface area contributed by atoms with Gasteiger partial charge in [-0.25, -0.2) is 4.79 Å². The third-order valence-corrected chi connectivity index (χ3v) is 4.66. The third kappa shape index (κ3) is 4.83. The minimum atomic E-state index is -0.361. The number of rotatable bonds is 8. The summed E-state index contributed by atoms with van der Waals surface area (Å²) in [5.41, 5.74) is 2.89. The van der Waals surface area contributed by atoms with Crippen LogP contribution in [-0.4, -0.2) is 48.6 Å². The highest BCUT2D eigenvalue weighted by Crippen LogP contribution is 2.25. The molecule has 0 aliphatic carbocycles. The molecule has 1 unspecified atom stereocenters. The fourth-order valence-electron chi connectivity index (χ4n) is 3.21. The first kappa shape index (κ1) is 20.8. The van der Waals surface area contributed by atoms with E-state index < -0.39 is 0 Å². The Morgan fingerprint density at radius 3 is 2.56 bits per heavy atom. The second kappa shape index (κ2) is 9.46. The van der Waals surface area contributed by atoms with Gasteiger partial charge < -0.3 is 9.47 Å². The number of pyridine rings is 1. The first-order valence-corrected chi connectivity index (χ1v) is 9.28. The molecule has 0 amide bonds. The molecule has 0 aliphatic heterocycles. The number of hydrogen-bond acceptors (Lipinski definition) is 6. The van der Waals surface area contributed by atoms with Crippen LogP contribution in [0.5, 0.6) is 0 Å². The van der Waals surface area contributed by atoms with Crippen LogP contribution in [0.2, 0.25) is 0 Å². The molecule has 0 saturated heterocycles. The number of para-hydroxylation sites is 1. The molecule has 0 N–H and O–H groups in total. The number of fused-ring (bicyclic) bond motifs is 1. The van der Waals surface area contributed by atoms with Gasteiger partial charge in [0.05, 0.1) is 36.4 Å². The van der Waals surface area contributed by atoms with Crippen molar-refractivity contribution in [3.05, 3.63) is 41.1 Å². The lowest BCUT2D eigenvalue weighted by Crippen LogP contribution is -2.33. The van der Waals surface area contributed by atoms with Crippen LogP contribution in [0, 0.1) is 12.8 Å². The van der Waals surface area contributed by atoms with Crippen LogP contribution in [0.25, 0.3) is 10.9 Å². The summed E-state index contributed by atoms with van der Waals surface area (Å²) >= 11 is 0. The van der Waals surface area contributed by atoms with Gasteiger partial charge in [0.1, 0.15) is 0 Å². The number of methoxy groups -OCH3 is 1. The molecule has 2 rings (SSSR count). The van der Waals surface area contributed by atoms with Crippen molar-refractivity contribution in [3.63, 3.8) is 0 Å². The maximum Gasteiger partial charge on any atom is 0.340 e. The van der Waals surface area contributed by atoms with Gasteiger partial charge in [-0.05, 0) is 32.0 Å². The number of nitrogens with zero attached hydrogens (tertiary/aromatic N) is 2. The maximum atomic E-state index is 12.6. The Labute approximate surface area is 160 Å². The number of carbonyl (C=O) groups is 2. The van der Waals surface area contributed by atoms with E-state index in [-0.39, 0.29) is 17.9 Å². The second-order valence-electron chi connectivity index (χ2n) is 6.55. The van der Waals surface area contributed by atoms with Gasteiger partial charge in [-0.15, -0.1) is 0 Å².